The lowest BCUT2D eigenvalue weighted by Gasteiger charge is -2.44. The number of hydrogen-bond donors (Lipinski definition) is 0. The van der Waals surface area contributed by atoms with Crippen LogP contribution in [-0.4, -0.2) is 53.6 Å². The lowest BCUT2D eigenvalue weighted by atomic mass is 9.95. The monoisotopic (exact) mass is 402 g/mol. The molecule has 0 aromatic carbocycles. The molecular weight excluding hydrogens is 364 g/mol. The molecule has 5 nitrogen and oxygen atoms in total. The van der Waals surface area contributed by atoms with Crippen molar-refractivity contribution >= 4 is 22.6 Å². The normalized spacial score (nSPS) is 30.9. The Balaban J connectivity index is 2.32. The molecule has 2 aliphatic rings. The second-order valence-corrected chi connectivity index (χ2v) is 20.4. The average Bonchev–Trinajstić information content (AvgIpc) is 2.94. The minimum atomic E-state index is -2.06. The molecule has 2 saturated heterocycles. The summed E-state index contributed by atoms with van der Waals surface area (Å²) in [6, 6.07) is 0. The zero-order chi connectivity index (χ0) is 20.2. The molecule has 0 saturated carbocycles. The Kier molecular flexibility index (Phi) is 5.68. The summed E-state index contributed by atoms with van der Waals surface area (Å²) in [4.78, 5) is 11.9. The van der Waals surface area contributed by atoms with E-state index in [-0.39, 0.29) is 41.3 Å². The molecule has 0 bridgehead atoms. The van der Waals surface area contributed by atoms with Crippen LogP contribution in [0.2, 0.25) is 36.3 Å². The highest BCUT2D eigenvalue weighted by Gasteiger charge is 2.60. The Morgan fingerprint density at radius 1 is 0.962 bits per heavy atom. The van der Waals surface area contributed by atoms with E-state index in [0.717, 1.165) is 0 Å². The summed E-state index contributed by atoms with van der Waals surface area (Å²) in [6.45, 7) is 23.1. The maximum atomic E-state index is 11.9. The van der Waals surface area contributed by atoms with E-state index < -0.39 is 22.2 Å². The van der Waals surface area contributed by atoms with Crippen LogP contribution in [0.5, 0.6) is 0 Å². The Bertz CT molecular complexity index is 547. The molecule has 0 radical (unpaired) electrons. The van der Waals surface area contributed by atoms with Crippen molar-refractivity contribution in [3.63, 3.8) is 0 Å². The first kappa shape index (κ1) is 22.1. The van der Waals surface area contributed by atoms with Gasteiger partial charge in [0.25, 0.3) is 0 Å². The molecule has 2 aliphatic heterocycles. The average molecular weight is 403 g/mol. The van der Waals surface area contributed by atoms with Crippen molar-refractivity contribution in [2.24, 2.45) is 0 Å². The Labute approximate surface area is 161 Å². The van der Waals surface area contributed by atoms with Gasteiger partial charge < -0.3 is 18.3 Å². The molecular formula is C19H38O5Si2. The summed E-state index contributed by atoms with van der Waals surface area (Å²) in [7, 11) is -4.05. The van der Waals surface area contributed by atoms with Gasteiger partial charge >= 0.3 is 5.97 Å². The molecule has 0 N–H and O–H groups in total. The highest BCUT2D eigenvalue weighted by atomic mass is 28.4. The van der Waals surface area contributed by atoms with Gasteiger partial charge in [0.05, 0.1) is 19.1 Å². The molecule has 2 rings (SSSR count). The molecule has 2 heterocycles. The maximum Gasteiger partial charge on any atom is 0.309 e. The maximum absolute atomic E-state index is 11.9. The molecule has 3 atom stereocenters. The van der Waals surface area contributed by atoms with Crippen LogP contribution in [0.15, 0.2) is 0 Å². The van der Waals surface area contributed by atoms with E-state index >= 15 is 0 Å². The molecule has 0 aromatic heterocycles. The fourth-order valence-electron chi connectivity index (χ4n) is 2.91. The van der Waals surface area contributed by atoms with Gasteiger partial charge in [0.15, 0.2) is 16.6 Å². The first-order valence-electron chi connectivity index (χ1n) is 9.66. The van der Waals surface area contributed by atoms with Crippen molar-refractivity contribution in [3.8, 4) is 0 Å². The molecule has 2 fully saturated rings. The minimum Gasteiger partial charge on any atom is -0.462 e. The minimum absolute atomic E-state index is 0.0712. The van der Waals surface area contributed by atoms with Crippen molar-refractivity contribution < 1.29 is 23.1 Å². The quantitative estimate of drug-likeness (QED) is 0.512. The number of cyclic esters (lactones) is 1. The van der Waals surface area contributed by atoms with Crippen LogP contribution < -0.4 is 0 Å². The van der Waals surface area contributed by atoms with Gasteiger partial charge in [-0.2, -0.15) is 0 Å². The fourth-order valence-corrected chi connectivity index (χ4v) is 5.57. The van der Waals surface area contributed by atoms with Crippen molar-refractivity contribution in [1.29, 1.82) is 0 Å². The van der Waals surface area contributed by atoms with E-state index in [9.17, 15) is 4.79 Å². The second-order valence-electron chi connectivity index (χ2n) is 10.9. The predicted octanol–water partition coefficient (Wildman–Crippen LogP) is 4.48. The zero-order valence-corrected chi connectivity index (χ0v) is 20.3. The number of carbonyl (C=O) groups excluding carboxylic acids is 1. The van der Waals surface area contributed by atoms with Crippen LogP contribution in [0.3, 0.4) is 0 Å². The van der Waals surface area contributed by atoms with Gasteiger partial charge in [-0.3, -0.25) is 4.79 Å². The van der Waals surface area contributed by atoms with Crippen molar-refractivity contribution in [3.05, 3.63) is 0 Å². The zero-order valence-electron chi connectivity index (χ0n) is 18.3. The van der Waals surface area contributed by atoms with E-state index in [1.165, 1.54) is 0 Å². The Hall–Kier alpha value is -0.216. The first-order chi connectivity index (χ1) is 11.5. The van der Waals surface area contributed by atoms with Crippen LogP contribution >= 0.6 is 0 Å². The standard InChI is InChI=1S/C19H38O5Si2/c1-17(2,3)25(7,8)23-14-12-22-19(11-15(20)21-13-19)16(14)24-26(9,10)18(4,5)6/h14,16H,11-13H2,1-10H3/t14-,16+,19-/m1/s1. The topological polar surface area (TPSA) is 54.0 Å². The number of carbonyl (C=O) groups is 1. The Morgan fingerprint density at radius 2 is 1.46 bits per heavy atom. The van der Waals surface area contributed by atoms with Crippen LogP contribution in [0, 0.1) is 0 Å². The van der Waals surface area contributed by atoms with Crippen molar-refractivity contribution in [2.75, 3.05) is 13.2 Å². The lowest BCUT2D eigenvalue weighted by molar-refractivity contribution is -0.137. The lowest BCUT2D eigenvalue weighted by Crippen LogP contribution is -2.56. The third-order valence-corrected chi connectivity index (χ3v) is 15.8. The van der Waals surface area contributed by atoms with Gasteiger partial charge in [-0.25, -0.2) is 0 Å². The van der Waals surface area contributed by atoms with Gasteiger partial charge in [-0.15, -0.1) is 0 Å². The van der Waals surface area contributed by atoms with E-state index in [1.807, 2.05) is 0 Å². The predicted molar refractivity (Wildman–Crippen MR) is 108 cm³/mol. The van der Waals surface area contributed by atoms with Gasteiger partial charge in [-0.05, 0) is 36.3 Å². The van der Waals surface area contributed by atoms with Crippen molar-refractivity contribution in [1.82, 2.24) is 0 Å². The van der Waals surface area contributed by atoms with Crippen LogP contribution in [0.25, 0.3) is 0 Å². The Morgan fingerprint density at radius 3 is 1.88 bits per heavy atom. The van der Waals surface area contributed by atoms with E-state index in [0.29, 0.717) is 6.61 Å². The summed E-state index contributed by atoms with van der Waals surface area (Å²) in [5, 5.41) is 0.175. The first-order valence-corrected chi connectivity index (χ1v) is 15.5. The van der Waals surface area contributed by atoms with E-state index in [2.05, 4.69) is 67.7 Å². The summed E-state index contributed by atoms with van der Waals surface area (Å²) in [5.41, 5.74) is -0.695. The SMILES string of the molecule is CC(C)(C)[Si](C)(C)O[C@@H]1CO[C@]2(COC(=O)C2)[C@H]1O[Si](C)(C)C(C)(C)C. The van der Waals surface area contributed by atoms with Gasteiger partial charge in [0.1, 0.15) is 18.3 Å². The number of esters is 1. The van der Waals surface area contributed by atoms with Gasteiger partial charge in [0.2, 0.25) is 0 Å². The fraction of sp³-hybridized carbons (Fsp3) is 0.947. The van der Waals surface area contributed by atoms with Crippen molar-refractivity contribution in [2.45, 2.75) is 102 Å². The molecule has 0 aliphatic carbocycles. The molecule has 0 unspecified atom stereocenters. The van der Waals surface area contributed by atoms with Crippen LogP contribution in [0.1, 0.15) is 48.0 Å². The van der Waals surface area contributed by atoms with Gasteiger partial charge in [0, 0.05) is 0 Å². The number of hydrogen-bond acceptors (Lipinski definition) is 5. The number of rotatable bonds is 4. The summed E-state index contributed by atoms with van der Waals surface area (Å²) >= 11 is 0. The highest BCUT2D eigenvalue weighted by molar-refractivity contribution is 6.74. The smallest absolute Gasteiger partial charge is 0.309 e. The van der Waals surface area contributed by atoms with Gasteiger partial charge in [-0.1, -0.05) is 41.5 Å². The molecule has 26 heavy (non-hydrogen) atoms. The molecule has 0 aromatic rings. The van der Waals surface area contributed by atoms with Crippen LogP contribution in [0.4, 0.5) is 0 Å². The summed E-state index contributed by atoms with van der Waals surface area (Å²) < 4.78 is 25.0. The molecule has 152 valence electrons. The summed E-state index contributed by atoms with van der Waals surface area (Å²) in [6.07, 6.45) is -0.160. The van der Waals surface area contributed by atoms with Crippen LogP contribution in [-0.2, 0) is 23.1 Å². The number of ether oxygens (including phenoxy) is 2. The van der Waals surface area contributed by atoms with E-state index in [1.54, 1.807) is 0 Å². The second kappa shape index (κ2) is 6.69. The largest absolute Gasteiger partial charge is 0.462 e. The highest BCUT2D eigenvalue weighted by Crippen LogP contribution is 2.46. The molecule has 7 heteroatoms. The van der Waals surface area contributed by atoms with E-state index in [4.69, 9.17) is 18.3 Å². The third-order valence-electron chi connectivity index (χ3n) is 6.79. The summed E-state index contributed by atoms with van der Waals surface area (Å²) in [5.74, 6) is -0.207. The molecule has 0 amide bonds. The molecule has 1 spiro atoms. The third kappa shape index (κ3) is 4.11.